The van der Waals surface area contributed by atoms with Gasteiger partial charge in [-0.1, -0.05) is 24.3 Å². The fraction of sp³-hybridized carbons (Fsp3) is 0.182. The van der Waals surface area contributed by atoms with Gasteiger partial charge in [0.2, 0.25) is 0 Å². The van der Waals surface area contributed by atoms with Gasteiger partial charge in [-0.15, -0.1) is 0 Å². The molecule has 0 aliphatic rings. The van der Waals surface area contributed by atoms with Crippen LogP contribution >= 0.6 is 0 Å². The Kier molecular flexibility index (Phi) is 3.29. The van der Waals surface area contributed by atoms with Crippen LogP contribution in [0.4, 0.5) is 4.79 Å². The van der Waals surface area contributed by atoms with Crippen molar-refractivity contribution in [1.29, 1.82) is 0 Å². The predicted molar refractivity (Wildman–Crippen MR) is 54.2 cm³/mol. The highest BCUT2D eigenvalue weighted by atomic mass is 16.7. The van der Waals surface area contributed by atoms with Crippen molar-refractivity contribution in [2.24, 2.45) is 0 Å². The van der Waals surface area contributed by atoms with Gasteiger partial charge in [-0.2, -0.15) is 0 Å². The summed E-state index contributed by atoms with van der Waals surface area (Å²) in [6.07, 6.45) is -0.719. The van der Waals surface area contributed by atoms with E-state index in [0.717, 1.165) is 11.1 Å². The van der Waals surface area contributed by atoms with E-state index >= 15 is 0 Å². The molecule has 74 valence electrons. The van der Waals surface area contributed by atoms with E-state index in [4.69, 9.17) is 4.74 Å². The Morgan fingerprint density at radius 1 is 1.43 bits per heavy atom. The molecule has 0 saturated heterocycles. The highest BCUT2D eigenvalue weighted by Crippen LogP contribution is 2.18. The highest BCUT2D eigenvalue weighted by molar-refractivity contribution is 5.66. The van der Waals surface area contributed by atoms with E-state index in [0.29, 0.717) is 5.75 Å². The standard InChI is InChI=1S/C11H12O3/c1-8(2)9-5-4-6-10(7-9)14-11(12)13-3/h4-7H,1H2,2-3H3. The third kappa shape index (κ3) is 2.62. The summed E-state index contributed by atoms with van der Waals surface area (Å²) in [5, 5.41) is 0. The number of methoxy groups -OCH3 is 1. The van der Waals surface area contributed by atoms with Crippen molar-refractivity contribution in [2.75, 3.05) is 7.11 Å². The Hall–Kier alpha value is -1.77. The van der Waals surface area contributed by atoms with E-state index in [1.54, 1.807) is 18.2 Å². The molecule has 0 aliphatic heterocycles. The Morgan fingerprint density at radius 3 is 2.71 bits per heavy atom. The summed E-state index contributed by atoms with van der Waals surface area (Å²) in [6.45, 7) is 5.68. The molecule has 0 bridgehead atoms. The Morgan fingerprint density at radius 2 is 2.14 bits per heavy atom. The van der Waals surface area contributed by atoms with Gasteiger partial charge in [-0.25, -0.2) is 4.79 Å². The number of ether oxygens (including phenoxy) is 2. The van der Waals surface area contributed by atoms with Crippen LogP contribution in [-0.4, -0.2) is 13.3 Å². The Bertz CT molecular complexity index is 355. The number of carbonyl (C=O) groups excluding carboxylic acids is 1. The molecule has 3 nitrogen and oxygen atoms in total. The van der Waals surface area contributed by atoms with Crippen LogP contribution in [0.3, 0.4) is 0 Å². The molecule has 0 fully saturated rings. The average molecular weight is 192 g/mol. The molecule has 0 amide bonds. The molecule has 1 aromatic rings. The van der Waals surface area contributed by atoms with Crippen molar-refractivity contribution in [3.05, 3.63) is 36.4 Å². The van der Waals surface area contributed by atoms with Crippen molar-refractivity contribution in [3.63, 3.8) is 0 Å². The quantitative estimate of drug-likeness (QED) is 0.534. The summed E-state index contributed by atoms with van der Waals surface area (Å²) in [7, 11) is 1.27. The van der Waals surface area contributed by atoms with Crippen LogP contribution in [0.5, 0.6) is 5.75 Å². The van der Waals surface area contributed by atoms with Crippen LogP contribution in [0.25, 0.3) is 5.57 Å². The van der Waals surface area contributed by atoms with Crippen molar-refractivity contribution in [2.45, 2.75) is 6.92 Å². The fourth-order valence-electron chi connectivity index (χ4n) is 0.963. The minimum Gasteiger partial charge on any atom is -0.437 e. The molecule has 1 rings (SSSR count). The number of hydrogen-bond acceptors (Lipinski definition) is 3. The zero-order valence-corrected chi connectivity index (χ0v) is 8.24. The maximum atomic E-state index is 10.8. The van der Waals surface area contributed by atoms with Crippen LogP contribution < -0.4 is 4.74 Å². The maximum absolute atomic E-state index is 10.8. The first-order chi connectivity index (χ1) is 6.63. The number of benzene rings is 1. The minimum absolute atomic E-state index is 0.456. The van der Waals surface area contributed by atoms with Crippen molar-refractivity contribution >= 4 is 11.7 Å². The lowest BCUT2D eigenvalue weighted by Gasteiger charge is -2.04. The fourth-order valence-corrected chi connectivity index (χ4v) is 0.963. The normalized spacial score (nSPS) is 9.29. The van der Waals surface area contributed by atoms with E-state index in [1.165, 1.54) is 7.11 Å². The summed E-state index contributed by atoms with van der Waals surface area (Å²) in [4.78, 5) is 10.8. The second-order valence-corrected chi connectivity index (χ2v) is 2.86. The highest BCUT2D eigenvalue weighted by Gasteiger charge is 2.03. The van der Waals surface area contributed by atoms with Crippen LogP contribution in [0.1, 0.15) is 12.5 Å². The van der Waals surface area contributed by atoms with Gasteiger partial charge in [-0.3, -0.25) is 0 Å². The molecule has 1 aromatic carbocycles. The largest absolute Gasteiger partial charge is 0.513 e. The Labute approximate surface area is 83.0 Å². The zero-order chi connectivity index (χ0) is 10.6. The lowest BCUT2D eigenvalue weighted by Crippen LogP contribution is -2.07. The second-order valence-electron chi connectivity index (χ2n) is 2.86. The van der Waals surface area contributed by atoms with E-state index < -0.39 is 6.16 Å². The molecule has 0 atom stereocenters. The topological polar surface area (TPSA) is 35.5 Å². The number of allylic oxidation sites excluding steroid dienone is 1. The number of carbonyl (C=O) groups is 1. The molecule has 0 N–H and O–H groups in total. The SMILES string of the molecule is C=C(C)c1cccc(OC(=O)OC)c1. The van der Waals surface area contributed by atoms with E-state index in [1.807, 2.05) is 13.0 Å². The molecule has 0 saturated carbocycles. The van der Waals surface area contributed by atoms with Crippen LogP contribution in [0.15, 0.2) is 30.8 Å². The first-order valence-corrected chi connectivity index (χ1v) is 4.15. The van der Waals surface area contributed by atoms with Gasteiger partial charge in [0.05, 0.1) is 7.11 Å². The third-order valence-electron chi connectivity index (χ3n) is 1.69. The van der Waals surface area contributed by atoms with Crippen molar-refractivity contribution < 1.29 is 14.3 Å². The maximum Gasteiger partial charge on any atom is 0.513 e. The summed E-state index contributed by atoms with van der Waals surface area (Å²) in [5.74, 6) is 0.456. The van der Waals surface area contributed by atoms with Crippen LogP contribution in [0.2, 0.25) is 0 Å². The summed E-state index contributed by atoms with van der Waals surface area (Å²) in [5.41, 5.74) is 1.85. The van der Waals surface area contributed by atoms with Gasteiger partial charge in [0.15, 0.2) is 0 Å². The van der Waals surface area contributed by atoms with Crippen molar-refractivity contribution in [3.8, 4) is 5.75 Å². The molecule has 0 radical (unpaired) electrons. The molecule has 0 aliphatic carbocycles. The molecule has 0 heterocycles. The monoisotopic (exact) mass is 192 g/mol. The molecule has 14 heavy (non-hydrogen) atoms. The third-order valence-corrected chi connectivity index (χ3v) is 1.69. The van der Waals surface area contributed by atoms with Gasteiger partial charge in [0, 0.05) is 0 Å². The van der Waals surface area contributed by atoms with E-state index in [9.17, 15) is 4.79 Å². The van der Waals surface area contributed by atoms with Crippen LogP contribution in [0, 0.1) is 0 Å². The lowest BCUT2D eigenvalue weighted by molar-refractivity contribution is 0.121. The van der Waals surface area contributed by atoms with E-state index in [-0.39, 0.29) is 0 Å². The molecular weight excluding hydrogens is 180 g/mol. The van der Waals surface area contributed by atoms with Crippen molar-refractivity contribution in [1.82, 2.24) is 0 Å². The average Bonchev–Trinajstić information content (AvgIpc) is 2.18. The second kappa shape index (κ2) is 4.46. The van der Waals surface area contributed by atoms with Gasteiger partial charge >= 0.3 is 6.16 Å². The van der Waals surface area contributed by atoms with E-state index in [2.05, 4.69) is 11.3 Å². The van der Waals surface area contributed by atoms with Gasteiger partial charge in [0.1, 0.15) is 5.75 Å². The predicted octanol–water partition coefficient (Wildman–Crippen LogP) is 2.86. The first kappa shape index (κ1) is 10.3. The zero-order valence-electron chi connectivity index (χ0n) is 8.24. The Balaban J connectivity index is 2.83. The molecule has 3 heteroatoms. The summed E-state index contributed by atoms with van der Waals surface area (Å²) >= 11 is 0. The number of hydrogen-bond donors (Lipinski definition) is 0. The summed E-state index contributed by atoms with van der Waals surface area (Å²) in [6, 6.07) is 7.11. The minimum atomic E-state index is -0.719. The molecule has 0 aromatic heterocycles. The smallest absolute Gasteiger partial charge is 0.437 e. The van der Waals surface area contributed by atoms with Crippen LogP contribution in [-0.2, 0) is 4.74 Å². The lowest BCUT2D eigenvalue weighted by atomic mass is 10.1. The molecule has 0 unspecified atom stereocenters. The molecule has 0 spiro atoms. The van der Waals surface area contributed by atoms with Gasteiger partial charge in [-0.05, 0) is 24.6 Å². The first-order valence-electron chi connectivity index (χ1n) is 4.15. The van der Waals surface area contributed by atoms with Gasteiger partial charge in [0.25, 0.3) is 0 Å². The number of rotatable bonds is 2. The molecular formula is C11H12O3. The summed E-state index contributed by atoms with van der Waals surface area (Å²) < 4.78 is 9.22. The van der Waals surface area contributed by atoms with Gasteiger partial charge < -0.3 is 9.47 Å².